The summed E-state index contributed by atoms with van der Waals surface area (Å²) >= 11 is 0. The maximum absolute atomic E-state index is 13.9. The van der Waals surface area contributed by atoms with Crippen molar-refractivity contribution in [2.45, 2.75) is 6.54 Å². The highest BCUT2D eigenvalue weighted by atomic mass is 19.1. The fourth-order valence-corrected chi connectivity index (χ4v) is 1.97. The number of aromatic nitrogens is 2. The van der Waals surface area contributed by atoms with Gasteiger partial charge in [-0.3, -0.25) is 0 Å². The molecule has 0 aliphatic carbocycles. The fourth-order valence-electron chi connectivity index (χ4n) is 1.97. The van der Waals surface area contributed by atoms with Crippen LogP contribution in [-0.2, 0) is 6.54 Å². The predicted molar refractivity (Wildman–Crippen MR) is 82.8 cm³/mol. The molecule has 0 aliphatic heterocycles. The van der Waals surface area contributed by atoms with Gasteiger partial charge in [-0.15, -0.1) is 0 Å². The van der Waals surface area contributed by atoms with E-state index in [9.17, 15) is 4.39 Å². The lowest BCUT2D eigenvalue weighted by Crippen LogP contribution is -2.32. The molecular weight excluding hydrogens is 281 g/mol. The summed E-state index contributed by atoms with van der Waals surface area (Å²) in [6, 6.07) is 8.63. The highest BCUT2D eigenvalue weighted by molar-refractivity contribution is 5.39. The molecule has 2 aromatic rings. The van der Waals surface area contributed by atoms with E-state index in [2.05, 4.69) is 9.97 Å². The van der Waals surface area contributed by atoms with Gasteiger partial charge in [0.25, 0.3) is 0 Å². The molecule has 0 aliphatic rings. The van der Waals surface area contributed by atoms with E-state index in [1.54, 1.807) is 18.3 Å². The van der Waals surface area contributed by atoms with Crippen LogP contribution >= 0.6 is 0 Å². The predicted octanol–water partition coefficient (Wildman–Crippen LogP) is 2.06. The average molecular weight is 299 g/mol. The Labute approximate surface area is 129 Å². The fraction of sp³-hybridized carbons (Fsp3) is 0.312. The molecular formula is C16H18FN5. The van der Waals surface area contributed by atoms with E-state index < -0.39 is 0 Å². The van der Waals surface area contributed by atoms with E-state index in [1.165, 1.54) is 12.3 Å². The molecule has 0 radical (unpaired) electrons. The highest BCUT2D eigenvalue weighted by Gasteiger charge is 2.12. The summed E-state index contributed by atoms with van der Waals surface area (Å²) in [4.78, 5) is 12.3. The SMILES string of the molecule is CN(C)CCN(Cc1ccccc1F)c1cnc(C#N)cn1. The third kappa shape index (κ3) is 4.24. The molecule has 0 bridgehead atoms. The van der Waals surface area contributed by atoms with Gasteiger partial charge in [0.05, 0.1) is 12.4 Å². The minimum Gasteiger partial charge on any atom is -0.350 e. The van der Waals surface area contributed by atoms with E-state index in [4.69, 9.17) is 5.26 Å². The Bertz CT molecular complexity index is 648. The van der Waals surface area contributed by atoms with Gasteiger partial charge in [-0.1, -0.05) is 18.2 Å². The molecule has 1 heterocycles. The topological polar surface area (TPSA) is 56.0 Å². The van der Waals surface area contributed by atoms with Crippen LogP contribution in [0.25, 0.3) is 0 Å². The molecule has 5 nitrogen and oxygen atoms in total. The van der Waals surface area contributed by atoms with Crippen LogP contribution in [0.15, 0.2) is 36.7 Å². The summed E-state index contributed by atoms with van der Waals surface area (Å²) < 4.78 is 13.9. The van der Waals surface area contributed by atoms with Gasteiger partial charge in [0, 0.05) is 25.2 Å². The van der Waals surface area contributed by atoms with Crippen LogP contribution < -0.4 is 4.90 Å². The van der Waals surface area contributed by atoms with E-state index in [1.807, 2.05) is 36.0 Å². The quantitative estimate of drug-likeness (QED) is 0.817. The number of rotatable bonds is 6. The molecule has 22 heavy (non-hydrogen) atoms. The van der Waals surface area contributed by atoms with E-state index in [-0.39, 0.29) is 11.5 Å². The highest BCUT2D eigenvalue weighted by Crippen LogP contribution is 2.15. The number of halogens is 1. The Kier molecular flexibility index (Phi) is 5.39. The smallest absolute Gasteiger partial charge is 0.158 e. The van der Waals surface area contributed by atoms with Crippen molar-refractivity contribution < 1.29 is 4.39 Å². The largest absolute Gasteiger partial charge is 0.350 e. The molecule has 0 saturated carbocycles. The second kappa shape index (κ2) is 7.48. The number of hydrogen-bond donors (Lipinski definition) is 0. The average Bonchev–Trinajstić information content (AvgIpc) is 2.53. The monoisotopic (exact) mass is 299 g/mol. The van der Waals surface area contributed by atoms with Gasteiger partial charge < -0.3 is 9.80 Å². The lowest BCUT2D eigenvalue weighted by molar-refractivity contribution is 0.411. The van der Waals surface area contributed by atoms with Gasteiger partial charge in [0.1, 0.15) is 17.7 Å². The zero-order valence-corrected chi connectivity index (χ0v) is 12.7. The third-order valence-electron chi connectivity index (χ3n) is 3.21. The third-order valence-corrected chi connectivity index (χ3v) is 3.21. The Morgan fingerprint density at radius 2 is 1.91 bits per heavy atom. The first-order valence-corrected chi connectivity index (χ1v) is 6.95. The molecule has 0 spiro atoms. The Morgan fingerprint density at radius 1 is 1.14 bits per heavy atom. The van der Waals surface area contributed by atoms with E-state index >= 15 is 0 Å². The van der Waals surface area contributed by atoms with Gasteiger partial charge in [-0.05, 0) is 20.2 Å². The summed E-state index contributed by atoms with van der Waals surface area (Å²) in [6.07, 6.45) is 2.98. The molecule has 1 aromatic carbocycles. The lowest BCUT2D eigenvalue weighted by atomic mass is 10.2. The van der Waals surface area contributed by atoms with Crippen molar-refractivity contribution in [1.29, 1.82) is 5.26 Å². The maximum atomic E-state index is 13.9. The van der Waals surface area contributed by atoms with Gasteiger partial charge in [-0.2, -0.15) is 5.26 Å². The minimum absolute atomic E-state index is 0.237. The number of anilines is 1. The van der Waals surface area contributed by atoms with Crippen molar-refractivity contribution in [3.05, 3.63) is 53.7 Å². The van der Waals surface area contributed by atoms with Crippen LogP contribution in [0.2, 0.25) is 0 Å². The normalized spacial score (nSPS) is 10.5. The van der Waals surface area contributed by atoms with Crippen molar-refractivity contribution in [2.24, 2.45) is 0 Å². The van der Waals surface area contributed by atoms with Gasteiger partial charge in [-0.25, -0.2) is 14.4 Å². The van der Waals surface area contributed by atoms with Gasteiger partial charge in [0.2, 0.25) is 0 Å². The first-order chi connectivity index (χ1) is 10.6. The second-order valence-corrected chi connectivity index (χ2v) is 5.19. The van der Waals surface area contributed by atoms with Crippen molar-refractivity contribution in [2.75, 3.05) is 32.1 Å². The first-order valence-electron chi connectivity index (χ1n) is 6.95. The summed E-state index contributed by atoms with van der Waals surface area (Å²) in [6.45, 7) is 1.89. The molecule has 6 heteroatoms. The maximum Gasteiger partial charge on any atom is 0.158 e. The Morgan fingerprint density at radius 3 is 2.50 bits per heavy atom. The lowest BCUT2D eigenvalue weighted by Gasteiger charge is -2.25. The number of nitrogens with zero attached hydrogens (tertiary/aromatic N) is 5. The number of hydrogen-bond acceptors (Lipinski definition) is 5. The summed E-state index contributed by atoms with van der Waals surface area (Å²) in [5.74, 6) is 0.392. The summed E-state index contributed by atoms with van der Waals surface area (Å²) in [5.41, 5.74) is 0.870. The van der Waals surface area contributed by atoms with Crippen LogP contribution in [0.3, 0.4) is 0 Å². The molecule has 0 N–H and O–H groups in total. The van der Waals surface area contributed by atoms with Crippen LogP contribution in [0.1, 0.15) is 11.3 Å². The van der Waals surface area contributed by atoms with Crippen LogP contribution in [-0.4, -0.2) is 42.1 Å². The zero-order valence-electron chi connectivity index (χ0n) is 12.7. The summed E-state index contributed by atoms with van der Waals surface area (Å²) in [7, 11) is 3.96. The standard InChI is InChI=1S/C16H18FN5/c1-21(2)7-8-22(12-13-5-3-4-6-15(13)17)16-11-19-14(9-18)10-20-16/h3-6,10-11H,7-8,12H2,1-2H3. The van der Waals surface area contributed by atoms with Crippen LogP contribution in [0.4, 0.5) is 10.2 Å². The number of nitriles is 1. The van der Waals surface area contributed by atoms with Crippen molar-refractivity contribution in [3.8, 4) is 6.07 Å². The molecule has 2 rings (SSSR count). The van der Waals surface area contributed by atoms with E-state index in [0.717, 1.165) is 6.54 Å². The van der Waals surface area contributed by atoms with Crippen molar-refractivity contribution in [3.63, 3.8) is 0 Å². The van der Waals surface area contributed by atoms with Gasteiger partial charge >= 0.3 is 0 Å². The molecule has 114 valence electrons. The molecule has 0 saturated heterocycles. The molecule has 0 unspecified atom stereocenters. The van der Waals surface area contributed by atoms with Crippen LogP contribution in [0, 0.1) is 17.1 Å². The molecule has 0 atom stereocenters. The second-order valence-electron chi connectivity index (χ2n) is 5.19. The zero-order chi connectivity index (χ0) is 15.9. The van der Waals surface area contributed by atoms with Crippen molar-refractivity contribution in [1.82, 2.24) is 14.9 Å². The minimum atomic E-state index is -0.237. The molecule has 0 fully saturated rings. The van der Waals surface area contributed by atoms with Crippen molar-refractivity contribution >= 4 is 5.82 Å². The number of benzene rings is 1. The first kappa shape index (κ1) is 15.9. The Hall–Kier alpha value is -2.52. The molecule has 0 amide bonds. The number of likely N-dealkylation sites (N-methyl/N-ethyl adjacent to an activating group) is 1. The Balaban J connectivity index is 2.21. The summed E-state index contributed by atoms with van der Waals surface area (Å²) in [5, 5.41) is 8.79. The molecule has 1 aromatic heterocycles. The van der Waals surface area contributed by atoms with Gasteiger partial charge in [0.15, 0.2) is 5.69 Å². The van der Waals surface area contributed by atoms with Crippen LogP contribution in [0.5, 0.6) is 0 Å². The van der Waals surface area contributed by atoms with E-state index in [0.29, 0.717) is 24.5 Å².